The monoisotopic (exact) mass is 557 g/mol. The summed E-state index contributed by atoms with van der Waals surface area (Å²) in [4.78, 5) is 27.7. The zero-order valence-electron chi connectivity index (χ0n) is 20.5. The van der Waals surface area contributed by atoms with Gasteiger partial charge < -0.3 is 19.7 Å². The molecule has 2 aromatic carbocycles. The van der Waals surface area contributed by atoms with Crippen molar-refractivity contribution in [2.24, 2.45) is 0 Å². The van der Waals surface area contributed by atoms with E-state index in [4.69, 9.17) is 32.7 Å². The molecular weight excluding hydrogens is 529 g/mol. The van der Waals surface area contributed by atoms with E-state index < -0.39 is 28.5 Å². The van der Waals surface area contributed by atoms with E-state index in [0.717, 1.165) is 10.6 Å². The highest BCUT2D eigenvalue weighted by Gasteiger charge is 2.31. The minimum Gasteiger partial charge on any atom is -0.486 e. The fraction of sp³-hybridized carbons (Fsp3) is 0.417. The minimum atomic E-state index is -3.88. The number of sulfonamides is 1. The van der Waals surface area contributed by atoms with Gasteiger partial charge in [0.05, 0.1) is 11.9 Å². The van der Waals surface area contributed by atoms with Gasteiger partial charge in [-0.2, -0.15) is 0 Å². The fourth-order valence-corrected chi connectivity index (χ4v) is 4.93. The summed E-state index contributed by atoms with van der Waals surface area (Å²) in [6.07, 6.45) is 1.01. The Labute approximate surface area is 221 Å². The summed E-state index contributed by atoms with van der Waals surface area (Å²) in [6, 6.07) is 8.41. The Hall–Kier alpha value is -2.69. The van der Waals surface area contributed by atoms with Crippen LogP contribution in [-0.4, -0.2) is 63.2 Å². The molecule has 1 aliphatic rings. The van der Waals surface area contributed by atoms with Crippen molar-refractivity contribution in [3.8, 4) is 11.5 Å². The number of amides is 2. The molecule has 0 radical (unpaired) electrons. The Kier molecular flexibility index (Phi) is 8.97. The number of hydrogen-bond acceptors (Lipinski definition) is 6. The van der Waals surface area contributed by atoms with Gasteiger partial charge in [0.1, 0.15) is 25.8 Å². The zero-order valence-corrected chi connectivity index (χ0v) is 22.8. The second-order valence-corrected chi connectivity index (χ2v) is 11.4. The van der Waals surface area contributed by atoms with E-state index in [1.54, 1.807) is 39.0 Å². The van der Waals surface area contributed by atoms with Crippen LogP contribution in [-0.2, 0) is 26.2 Å². The molecule has 0 fully saturated rings. The molecule has 12 heteroatoms. The van der Waals surface area contributed by atoms with Crippen LogP contribution in [0.4, 0.5) is 5.69 Å². The lowest BCUT2D eigenvalue weighted by molar-refractivity contribution is -0.139. The van der Waals surface area contributed by atoms with Crippen LogP contribution in [0.3, 0.4) is 0 Å². The number of carbonyl (C=O) groups is 2. The van der Waals surface area contributed by atoms with Crippen LogP contribution in [0.5, 0.6) is 11.5 Å². The number of halogens is 2. The predicted molar refractivity (Wildman–Crippen MR) is 139 cm³/mol. The molecule has 1 atom stereocenters. The van der Waals surface area contributed by atoms with Crippen LogP contribution >= 0.6 is 23.2 Å². The van der Waals surface area contributed by atoms with Crippen molar-refractivity contribution in [1.29, 1.82) is 0 Å². The summed E-state index contributed by atoms with van der Waals surface area (Å²) in [7, 11) is -3.88. The van der Waals surface area contributed by atoms with Gasteiger partial charge in [-0.3, -0.25) is 13.9 Å². The van der Waals surface area contributed by atoms with Gasteiger partial charge in [-0.1, -0.05) is 29.3 Å². The highest BCUT2D eigenvalue weighted by atomic mass is 35.5. The van der Waals surface area contributed by atoms with Crippen molar-refractivity contribution in [2.45, 2.75) is 39.4 Å². The Morgan fingerprint density at radius 3 is 2.31 bits per heavy atom. The van der Waals surface area contributed by atoms with Gasteiger partial charge in [0, 0.05) is 28.7 Å². The Morgan fingerprint density at radius 2 is 1.69 bits per heavy atom. The molecule has 1 aliphatic heterocycles. The molecular formula is C24H29Cl2N3O6S. The minimum absolute atomic E-state index is 0.0275. The first-order valence-electron chi connectivity index (χ1n) is 11.3. The van der Waals surface area contributed by atoms with Gasteiger partial charge in [-0.05, 0) is 50.6 Å². The number of nitrogens with zero attached hydrogens (tertiary/aromatic N) is 2. The summed E-state index contributed by atoms with van der Waals surface area (Å²) in [6.45, 7) is 5.34. The molecule has 196 valence electrons. The lowest BCUT2D eigenvalue weighted by Crippen LogP contribution is -2.52. The number of ether oxygens (including phenoxy) is 2. The molecule has 0 saturated carbocycles. The first-order valence-corrected chi connectivity index (χ1v) is 13.9. The summed E-state index contributed by atoms with van der Waals surface area (Å²) in [5, 5.41) is 3.54. The molecule has 36 heavy (non-hydrogen) atoms. The van der Waals surface area contributed by atoms with E-state index in [9.17, 15) is 18.0 Å². The van der Waals surface area contributed by atoms with Crippen LogP contribution in [0.2, 0.25) is 10.0 Å². The quantitative estimate of drug-likeness (QED) is 0.506. The first kappa shape index (κ1) is 27.9. The van der Waals surface area contributed by atoms with Gasteiger partial charge in [0.25, 0.3) is 0 Å². The van der Waals surface area contributed by atoms with E-state index in [-0.39, 0.29) is 24.2 Å². The molecule has 3 rings (SSSR count). The Balaban J connectivity index is 1.94. The molecule has 0 aliphatic carbocycles. The number of fused-ring (bicyclic) bond motifs is 1. The number of rotatable bonds is 9. The molecule has 2 amide bonds. The molecule has 1 N–H and O–H groups in total. The van der Waals surface area contributed by atoms with Crippen molar-refractivity contribution >= 4 is 50.7 Å². The molecule has 0 aromatic heterocycles. The number of nitrogens with one attached hydrogen (secondary N) is 1. The van der Waals surface area contributed by atoms with Crippen molar-refractivity contribution in [3.05, 3.63) is 52.0 Å². The van der Waals surface area contributed by atoms with Gasteiger partial charge in [-0.25, -0.2) is 8.42 Å². The lowest BCUT2D eigenvalue weighted by atomic mass is 10.1. The highest BCUT2D eigenvalue weighted by molar-refractivity contribution is 7.92. The van der Waals surface area contributed by atoms with E-state index in [1.165, 1.54) is 23.1 Å². The number of carbonyl (C=O) groups excluding carboxylic acids is 2. The molecule has 0 saturated heterocycles. The first-order chi connectivity index (χ1) is 16.9. The molecule has 2 aromatic rings. The summed E-state index contributed by atoms with van der Waals surface area (Å²) in [5.74, 6) is -0.0986. The van der Waals surface area contributed by atoms with Gasteiger partial charge in [0.15, 0.2) is 11.5 Å². The van der Waals surface area contributed by atoms with Crippen molar-refractivity contribution in [2.75, 3.05) is 30.3 Å². The normalized spacial score (nSPS) is 13.8. The molecule has 0 bridgehead atoms. The predicted octanol–water partition coefficient (Wildman–Crippen LogP) is 3.47. The standard InChI is InChI=1S/C24H29Cl2N3O6S/c1-15(2)27-24(31)16(3)28(13-17-5-6-18(25)11-20(17)26)23(30)14-29(36(4,32)33)19-7-8-21-22(12-19)35-10-9-34-21/h5-8,11-12,15-16H,9-10,13-14H2,1-4H3,(H,27,31)/t16-/m1/s1. The van der Waals surface area contributed by atoms with Gasteiger partial charge in [-0.15, -0.1) is 0 Å². The molecule has 0 spiro atoms. The second-order valence-electron chi connectivity index (χ2n) is 8.69. The Bertz CT molecular complexity index is 1240. The topological polar surface area (TPSA) is 105 Å². The smallest absolute Gasteiger partial charge is 0.244 e. The SMILES string of the molecule is CC(C)NC(=O)[C@@H](C)N(Cc1ccc(Cl)cc1Cl)C(=O)CN(c1ccc2c(c1)OCCO2)S(C)(=O)=O. The number of anilines is 1. The average molecular weight is 558 g/mol. The van der Waals surface area contributed by atoms with Crippen LogP contribution < -0.4 is 19.1 Å². The van der Waals surface area contributed by atoms with E-state index in [1.807, 2.05) is 0 Å². The number of benzene rings is 2. The van der Waals surface area contributed by atoms with Crippen LogP contribution in [0.1, 0.15) is 26.3 Å². The van der Waals surface area contributed by atoms with Crippen molar-refractivity contribution in [1.82, 2.24) is 10.2 Å². The van der Waals surface area contributed by atoms with E-state index in [0.29, 0.717) is 40.3 Å². The highest BCUT2D eigenvalue weighted by Crippen LogP contribution is 2.35. The van der Waals surface area contributed by atoms with Crippen LogP contribution in [0, 0.1) is 0 Å². The largest absolute Gasteiger partial charge is 0.486 e. The lowest BCUT2D eigenvalue weighted by Gasteiger charge is -2.32. The number of hydrogen-bond donors (Lipinski definition) is 1. The maximum atomic E-state index is 13.6. The molecule has 9 nitrogen and oxygen atoms in total. The summed E-state index contributed by atoms with van der Waals surface area (Å²) < 4.78 is 37.5. The fourth-order valence-electron chi connectivity index (χ4n) is 3.62. The van der Waals surface area contributed by atoms with Gasteiger partial charge in [0.2, 0.25) is 21.8 Å². The third-order valence-corrected chi connectivity index (χ3v) is 7.17. The average Bonchev–Trinajstić information content (AvgIpc) is 2.80. The molecule has 0 unspecified atom stereocenters. The van der Waals surface area contributed by atoms with Crippen molar-refractivity contribution in [3.63, 3.8) is 0 Å². The van der Waals surface area contributed by atoms with Crippen LogP contribution in [0.25, 0.3) is 0 Å². The third-order valence-electron chi connectivity index (χ3n) is 5.45. The Morgan fingerprint density at radius 1 is 1.03 bits per heavy atom. The van der Waals surface area contributed by atoms with Crippen LogP contribution in [0.15, 0.2) is 36.4 Å². The van der Waals surface area contributed by atoms with E-state index >= 15 is 0 Å². The zero-order chi connectivity index (χ0) is 26.6. The third kappa shape index (κ3) is 6.96. The summed E-state index contributed by atoms with van der Waals surface area (Å²) >= 11 is 12.3. The molecule has 1 heterocycles. The van der Waals surface area contributed by atoms with Gasteiger partial charge >= 0.3 is 0 Å². The second kappa shape index (κ2) is 11.6. The van der Waals surface area contributed by atoms with Crippen molar-refractivity contribution < 1.29 is 27.5 Å². The van der Waals surface area contributed by atoms with E-state index in [2.05, 4.69) is 5.32 Å². The maximum absolute atomic E-state index is 13.6. The summed E-state index contributed by atoms with van der Waals surface area (Å²) in [5.41, 5.74) is 0.794. The maximum Gasteiger partial charge on any atom is 0.244 e.